The molecule has 2 saturated heterocycles. The van der Waals surface area contributed by atoms with Gasteiger partial charge in [0.15, 0.2) is 0 Å². The summed E-state index contributed by atoms with van der Waals surface area (Å²) >= 11 is 6.39. The van der Waals surface area contributed by atoms with E-state index in [4.69, 9.17) is 11.6 Å². The molecular weight excluding hydrogens is 550 g/mol. The van der Waals surface area contributed by atoms with E-state index in [1.165, 1.54) is 4.68 Å². The average Bonchev–Trinajstić information content (AvgIpc) is 3.40. The van der Waals surface area contributed by atoms with Crippen molar-refractivity contribution in [3.63, 3.8) is 0 Å². The van der Waals surface area contributed by atoms with Crippen LogP contribution in [0, 0.1) is 0 Å². The third-order valence-corrected chi connectivity index (χ3v) is 7.86. The number of nitrogens with zero attached hydrogens (tertiary/aromatic N) is 5. The number of aromatic carboxylic acids is 1. The fraction of sp³-hybridized carbons (Fsp3) is 0.429. The maximum atomic E-state index is 13.8. The highest BCUT2D eigenvalue weighted by molar-refractivity contribution is 6.31. The zero-order valence-electron chi connectivity index (χ0n) is 21.7. The molecule has 2 aliphatic heterocycles. The third kappa shape index (κ3) is 6.05. The van der Waals surface area contributed by atoms with Crippen LogP contribution in [-0.4, -0.2) is 78.0 Å². The van der Waals surface area contributed by atoms with Gasteiger partial charge in [-0.05, 0) is 42.7 Å². The Morgan fingerprint density at radius 2 is 1.73 bits per heavy atom. The smallest absolute Gasteiger partial charge is 0.339 e. The molecule has 1 aromatic heterocycles. The molecule has 214 valence electrons. The second-order valence-corrected chi connectivity index (χ2v) is 10.6. The highest BCUT2D eigenvalue weighted by Crippen LogP contribution is 2.38. The summed E-state index contributed by atoms with van der Waals surface area (Å²) in [6.45, 7) is 3.36. The van der Waals surface area contributed by atoms with Gasteiger partial charge in [-0.2, -0.15) is 5.10 Å². The van der Waals surface area contributed by atoms with Crippen molar-refractivity contribution in [3.05, 3.63) is 64.9 Å². The van der Waals surface area contributed by atoms with E-state index in [9.17, 15) is 27.5 Å². The fourth-order valence-corrected chi connectivity index (χ4v) is 5.83. The molecule has 2 aliphatic rings. The van der Waals surface area contributed by atoms with Crippen molar-refractivity contribution >= 4 is 28.9 Å². The van der Waals surface area contributed by atoms with Crippen LogP contribution in [-0.2, 0) is 0 Å². The summed E-state index contributed by atoms with van der Waals surface area (Å²) in [6.07, 6.45) is -3.00. The van der Waals surface area contributed by atoms with Crippen molar-refractivity contribution in [2.24, 2.45) is 0 Å². The molecule has 5 rings (SSSR count). The Balaban J connectivity index is 1.36. The van der Waals surface area contributed by atoms with Gasteiger partial charge in [-0.25, -0.2) is 22.4 Å². The number of carbonyl (C=O) groups is 1. The molecule has 3 aromatic rings. The predicted octanol–water partition coefficient (Wildman–Crippen LogP) is 6.07. The summed E-state index contributed by atoms with van der Waals surface area (Å²) < 4.78 is 54.3. The first kappa shape index (κ1) is 28.2. The number of piperazine rings is 1. The largest absolute Gasteiger partial charge is 0.478 e. The van der Waals surface area contributed by atoms with E-state index < -0.39 is 36.1 Å². The molecule has 12 heteroatoms. The molecule has 0 bridgehead atoms. The van der Waals surface area contributed by atoms with Gasteiger partial charge < -0.3 is 14.9 Å². The van der Waals surface area contributed by atoms with Crippen LogP contribution in [0.1, 0.15) is 41.4 Å². The molecule has 0 radical (unpaired) electrons. The van der Waals surface area contributed by atoms with Crippen molar-refractivity contribution in [2.75, 3.05) is 55.6 Å². The summed E-state index contributed by atoms with van der Waals surface area (Å²) in [7, 11) is 0. The molecule has 1 atom stereocenters. The van der Waals surface area contributed by atoms with Crippen molar-refractivity contribution in [3.8, 4) is 11.1 Å². The zero-order valence-corrected chi connectivity index (χ0v) is 22.5. The number of hydrogen-bond acceptors (Lipinski definition) is 5. The van der Waals surface area contributed by atoms with Crippen LogP contribution in [0.25, 0.3) is 11.1 Å². The maximum Gasteiger partial charge on any atom is 0.339 e. The quantitative estimate of drug-likeness (QED) is 0.327. The van der Waals surface area contributed by atoms with E-state index in [-0.39, 0.29) is 6.54 Å². The molecule has 0 spiro atoms. The van der Waals surface area contributed by atoms with Crippen molar-refractivity contribution in [1.29, 1.82) is 0 Å². The van der Waals surface area contributed by atoms with Crippen molar-refractivity contribution in [1.82, 2.24) is 14.7 Å². The zero-order chi connectivity index (χ0) is 28.4. The minimum atomic E-state index is -2.96. The first-order chi connectivity index (χ1) is 19.2. The van der Waals surface area contributed by atoms with E-state index in [2.05, 4.69) is 14.9 Å². The van der Waals surface area contributed by atoms with Gasteiger partial charge in [-0.3, -0.25) is 9.58 Å². The molecule has 2 fully saturated rings. The number of anilines is 2. The Morgan fingerprint density at radius 1 is 1.00 bits per heavy atom. The molecule has 1 N–H and O–H groups in total. The number of carboxylic acid groups (broad SMARTS) is 1. The van der Waals surface area contributed by atoms with E-state index in [0.29, 0.717) is 57.1 Å². The van der Waals surface area contributed by atoms with Crippen LogP contribution in [0.5, 0.6) is 0 Å². The minimum absolute atomic E-state index is 0.200. The number of aromatic nitrogens is 2. The van der Waals surface area contributed by atoms with Gasteiger partial charge in [-0.15, -0.1) is 0 Å². The van der Waals surface area contributed by atoms with Gasteiger partial charge in [0, 0.05) is 61.2 Å². The van der Waals surface area contributed by atoms with Crippen LogP contribution in [0.4, 0.5) is 28.9 Å². The van der Waals surface area contributed by atoms with E-state index >= 15 is 0 Å². The van der Waals surface area contributed by atoms with Gasteiger partial charge in [-0.1, -0.05) is 29.8 Å². The van der Waals surface area contributed by atoms with E-state index in [1.807, 2.05) is 36.4 Å². The lowest BCUT2D eigenvalue weighted by molar-refractivity contribution is 0.0680. The minimum Gasteiger partial charge on any atom is -0.478 e. The van der Waals surface area contributed by atoms with Gasteiger partial charge in [0.1, 0.15) is 11.3 Å². The Hall–Kier alpha value is -3.31. The van der Waals surface area contributed by atoms with Crippen LogP contribution < -0.4 is 9.80 Å². The lowest BCUT2D eigenvalue weighted by Crippen LogP contribution is -2.47. The SMILES string of the molecule is O=C(O)c1cnn(C2CCCN(c3cc(Cl)ccc3-c3ccc(N4CCN(CC(F)F)CC4)cc3)C2)c1C(F)F. The molecule has 3 heterocycles. The average molecular weight is 580 g/mol. The standard InChI is InChI=1S/C28H30ClF4N5O2/c29-19-5-8-22(18-3-6-20(7-4-18)36-12-10-35(11-13-36)17-25(30)31)24(14-19)37-9-1-2-21(16-37)38-26(27(32)33)23(15-34-38)28(39)40/h3-8,14-15,21,25,27H,1-2,9-13,16-17H2,(H,39,40). The fourth-order valence-electron chi connectivity index (χ4n) is 5.66. The molecule has 2 aromatic carbocycles. The molecule has 40 heavy (non-hydrogen) atoms. The first-order valence-electron chi connectivity index (χ1n) is 13.2. The lowest BCUT2D eigenvalue weighted by Gasteiger charge is -2.36. The normalized spacial score (nSPS) is 18.6. The van der Waals surface area contributed by atoms with Crippen molar-refractivity contribution < 1.29 is 27.5 Å². The van der Waals surface area contributed by atoms with E-state index in [0.717, 1.165) is 28.7 Å². The number of carboxylic acids is 1. The first-order valence-corrected chi connectivity index (χ1v) is 13.6. The molecule has 1 unspecified atom stereocenters. The summed E-state index contributed by atoms with van der Waals surface area (Å²) in [6, 6.07) is 13.2. The van der Waals surface area contributed by atoms with Gasteiger partial charge >= 0.3 is 5.97 Å². The Labute approximate surface area is 234 Å². The molecule has 0 aliphatic carbocycles. The summed E-state index contributed by atoms with van der Waals surface area (Å²) in [5.41, 5.74) is 2.70. The number of halogens is 5. The Kier molecular flexibility index (Phi) is 8.51. The number of piperidine rings is 1. The number of alkyl halides is 4. The second kappa shape index (κ2) is 12.1. The summed E-state index contributed by atoms with van der Waals surface area (Å²) in [5.74, 6) is -1.43. The molecule has 0 amide bonds. The van der Waals surface area contributed by atoms with Crippen LogP contribution in [0.3, 0.4) is 0 Å². The Morgan fingerprint density at radius 3 is 2.38 bits per heavy atom. The van der Waals surface area contributed by atoms with Crippen LogP contribution in [0.15, 0.2) is 48.7 Å². The highest BCUT2D eigenvalue weighted by Gasteiger charge is 2.31. The summed E-state index contributed by atoms with van der Waals surface area (Å²) in [4.78, 5) is 17.5. The van der Waals surface area contributed by atoms with Gasteiger partial charge in [0.05, 0.1) is 18.8 Å². The predicted molar refractivity (Wildman–Crippen MR) is 146 cm³/mol. The second-order valence-electron chi connectivity index (χ2n) is 10.1. The number of benzene rings is 2. The monoisotopic (exact) mass is 579 g/mol. The van der Waals surface area contributed by atoms with Crippen LogP contribution in [0.2, 0.25) is 5.02 Å². The van der Waals surface area contributed by atoms with Crippen LogP contribution >= 0.6 is 11.6 Å². The number of rotatable bonds is 8. The topological polar surface area (TPSA) is 64.8 Å². The molecule has 7 nitrogen and oxygen atoms in total. The number of hydrogen-bond donors (Lipinski definition) is 1. The molecular formula is C28H30ClF4N5O2. The lowest BCUT2D eigenvalue weighted by atomic mass is 9.99. The van der Waals surface area contributed by atoms with Crippen molar-refractivity contribution in [2.45, 2.75) is 31.7 Å². The third-order valence-electron chi connectivity index (χ3n) is 7.63. The maximum absolute atomic E-state index is 13.8. The highest BCUT2D eigenvalue weighted by atomic mass is 35.5. The van der Waals surface area contributed by atoms with Gasteiger partial charge in [0.2, 0.25) is 0 Å². The molecule has 0 saturated carbocycles. The van der Waals surface area contributed by atoms with Gasteiger partial charge in [0.25, 0.3) is 12.9 Å². The Bertz CT molecular complexity index is 1330. The van der Waals surface area contributed by atoms with E-state index in [1.54, 1.807) is 11.0 Å². The summed E-state index contributed by atoms with van der Waals surface area (Å²) in [5, 5.41) is 13.9.